The first-order valence-electron chi connectivity index (χ1n) is 3.29. The summed E-state index contributed by atoms with van der Waals surface area (Å²) in [6.07, 6.45) is 0. The Labute approximate surface area is 85.1 Å². The molecule has 0 radical (unpaired) electrons. The van der Waals surface area contributed by atoms with Crippen LogP contribution in [0.4, 0.5) is 10.2 Å². The highest BCUT2D eigenvalue weighted by atomic mass is 79.9. The minimum Gasteiger partial charge on any atom is -0.380 e. The number of nitrogens with one attached hydrogen (secondary N) is 1. The van der Waals surface area contributed by atoms with Crippen LogP contribution < -0.4 is 5.73 Å². The van der Waals surface area contributed by atoms with Gasteiger partial charge < -0.3 is 5.73 Å². The summed E-state index contributed by atoms with van der Waals surface area (Å²) in [6, 6.07) is 0. The van der Waals surface area contributed by atoms with Crippen molar-refractivity contribution in [3.8, 4) is 11.4 Å². The summed E-state index contributed by atoms with van der Waals surface area (Å²) < 4.78 is 14.0. The molecule has 68 valence electrons. The van der Waals surface area contributed by atoms with Gasteiger partial charge in [0.05, 0.1) is 9.30 Å². The summed E-state index contributed by atoms with van der Waals surface area (Å²) in [5, 5.41) is 6.02. The molecule has 2 heterocycles. The predicted octanol–water partition coefficient (Wildman–Crippen LogP) is 2.02. The van der Waals surface area contributed by atoms with Gasteiger partial charge in [-0.3, -0.25) is 5.10 Å². The molecule has 4 nitrogen and oxygen atoms in total. The molecular weight excluding hydrogens is 259 g/mol. The first-order valence-corrected chi connectivity index (χ1v) is 4.96. The summed E-state index contributed by atoms with van der Waals surface area (Å²) in [6.45, 7) is 0. The maximum atomic E-state index is 13.2. The fraction of sp³-hybridized carbons (Fsp3) is 0. The van der Waals surface area contributed by atoms with Gasteiger partial charge in [-0.25, -0.2) is 9.37 Å². The van der Waals surface area contributed by atoms with Crippen molar-refractivity contribution in [3.63, 3.8) is 0 Å². The van der Waals surface area contributed by atoms with Crippen LogP contribution in [0.1, 0.15) is 0 Å². The van der Waals surface area contributed by atoms with E-state index >= 15 is 0 Å². The lowest BCUT2D eigenvalue weighted by atomic mass is 10.3. The van der Waals surface area contributed by atoms with E-state index in [0.29, 0.717) is 5.69 Å². The number of aromatic nitrogens is 3. The number of nitrogens with zero attached hydrogens (tertiary/aromatic N) is 2. The zero-order valence-electron chi connectivity index (χ0n) is 6.21. The number of thiazole rings is 1. The number of halogens is 2. The first kappa shape index (κ1) is 8.64. The van der Waals surface area contributed by atoms with E-state index < -0.39 is 5.82 Å². The SMILES string of the molecule is Nc1n[nH]c(-c2ncsc2Br)c1F. The number of anilines is 1. The molecule has 2 aromatic rings. The van der Waals surface area contributed by atoms with Crippen molar-refractivity contribution in [2.75, 3.05) is 5.73 Å². The highest BCUT2D eigenvalue weighted by Crippen LogP contribution is 2.31. The van der Waals surface area contributed by atoms with Gasteiger partial charge >= 0.3 is 0 Å². The largest absolute Gasteiger partial charge is 0.380 e. The van der Waals surface area contributed by atoms with Gasteiger partial charge in [0.15, 0.2) is 11.6 Å². The van der Waals surface area contributed by atoms with Crippen LogP contribution in [0.3, 0.4) is 0 Å². The molecule has 0 unspecified atom stereocenters. The van der Waals surface area contributed by atoms with Gasteiger partial charge in [0.2, 0.25) is 0 Å². The lowest BCUT2D eigenvalue weighted by Gasteiger charge is -1.91. The molecular formula is C6H4BrFN4S. The molecule has 0 aliphatic rings. The van der Waals surface area contributed by atoms with Gasteiger partial charge in [-0.15, -0.1) is 11.3 Å². The van der Waals surface area contributed by atoms with Crippen molar-refractivity contribution in [2.45, 2.75) is 0 Å². The van der Waals surface area contributed by atoms with Crippen LogP contribution in [0, 0.1) is 5.82 Å². The maximum Gasteiger partial charge on any atom is 0.194 e. The van der Waals surface area contributed by atoms with Gasteiger partial charge in [-0.2, -0.15) is 5.10 Å². The summed E-state index contributed by atoms with van der Waals surface area (Å²) in [5.74, 6) is -0.707. The molecule has 0 spiro atoms. The monoisotopic (exact) mass is 262 g/mol. The molecule has 2 aromatic heterocycles. The van der Waals surface area contributed by atoms with E-state index in [1.54, 1.807) is 5.51 Å². The Morgan fingerprint density at radius 1 is 1.62 bits per heavy atom. The van der Waals surface area contributed by atoms with Gasteiger partial charge in [0.1, 0.15) is 11.4 Å². The highest BCUT2D eigenvalue weighted by molar-refractivity contribution is 9.11. The number of hydrogen-bond donors (Lipinski definition) is 2. The molecule has 3 N–H and O–H groups in total. The van der Waals surface area contributed by atoms with Crippen molar-refractivity contribution in [2.24, 2.45) is 0 Å². The van der Waals surface area contributed by atoms with E-state index in [2.05, 4.69) is 31.1 Å². The molecule has 0 saturated heterocycles. The number of H-pyrrole nitrogens is 1. The predicted molar refractivity (Wildman–Crippen MR) is 51.8 cm³/mol. The molecule has 0 aliphatic carbocycles. The summed E-state index contributed by atoms with van der Waals surface area (Å²) in [7, 11) is 0. The third-order valence-electron chi connectivity index (χ3n) is 1.49. The van der Waals surface area contributed by atoms with Crippen LogP contribution >= 0.6 is 27.3 Å². The molecule has 13 heavy (non-hydrogen) atoms. The molecule has 2 rings (SSSR count). The smallest absolute Gasteiger partial charge is 0.194 e. The minimum absolute atomic E-state index is 0.144. The second kappa shape index (κ2) is 3.08. The summed E-state index contributed by atoms with van der Waals surface area (Å²) >= 11 is 4.61. The van der Waals surface area contributed by atoms with Crippen molar-refractivity contribution >= 4 is 33.1 Å². The Morgan fingerprint density at radius 2 is 2.38 bits per heavy atom. The third-order valence-corrected chi connectivity index (χ3v) is 3.04. The van der Waals surface area contributed by atoms with Crippen molar-refractivity contribution < 1.29 is 4.39 Å². The zero-order valence-corrected chi connectivity index (χ0v) is 8.62. The lowest BCUT2D eigenvalue weighted by Crippen LogP contribution is -1.87. The Kier molecular flexibility index (Phi) is 2.04. The molecule has 0 saturated carbocycles. The van der Waals surface area contributed by atoms with Crippen molar-refractivity contribution in [3.05, 3.63) is 15.1 Å². The fourth-order valence-electron chi connectivity index (χ4n) is 0.894. The standard InChI is InChI=1S/C6H4BrFN4S/c7-5-4(10-1-13-5)3-2(8)6(9)12-11-3/h1H,(H3,9,11,12). The minimum atomic E-state index is -0.563. The molecule has 0 amide bonds. The molecule has 0 aromatic carbocycles. The van der Waals surface area contributed by atoms with Gasteiger partial charge in [0.25, 0.3) is 0 Å². The van der Waals surface area contributed by atoms with E-state index in [1.165, 1.54) is 11.3 Å². The Morgan fingerprint density at radius 3 is 2.85 bits per heavy atom. The average molecular weight is 263 g/mol. The van der Waals surface area contributed by atoms with Crippen molar-refractivity contribution in [1.29, 1.82) is 0 Å². The second-order valence-electron chi connectivity index (χ2n) is 2.27. The molecule has 0 aliphatic heterocycles. The quantitative estimate of drug-likeness (QED) is 0.827. The second-order valence-corrected chi connectivity index (χ2v) is 4.45. The van der Waals surface area contributed by atoms with E-state index in [1.807, 2.05) is 0 Å². The van der Waals surface area contributed by atoms with Gasteiger partial charge in [0, 0.05) is 0 Å². The van der Waals surface area contributed by atoms with Crippen LogP contribution in [0.5, 0.6) is 0 Å². The van der Waals surface area contributed by atoms with Crippen LogP contribution in [0.25, 0.3) is 11.4 Å². The molecule has 0 fully saturated rings. The number of rotatable bonds is 1. The zero-order chi connectivity index (χ0) is 9.42. The number of aromatic amines is 1. The summed E-state index contributed by atoms with van der Waals surface area (Å²) in [4.78, 5) is 3.97. The third kappa shape index (κ3) is 1.33. The van der Waals surface area contributed by atoms with Crippen LogP contribution in [-0.4, -0.2) is 15.2 Å². The van der Waals surface area contributed by atoms with Gasteiger partial charge in [-0.1, -0.05) is 0 Å². The van der Waals surface area contributed by atoms with Crippen LogP contribution in [0.15, 0.2) is 9.30 Å². The van der Waals surface area contributed by atoms with E-state index in [0.717, 1.165) is 3.79 Å². The summed E-state index contributed by atoms with van der Waals surface area (Å²) in [5.41, 5.74) is 7.55. The molecule has 0 atom stereocenters. The Bertz CT molecular complexity index is 438. The van der Waals surface area contributed by atoms with Crippen LogP contribution in [-0.2, 0) is 0 Å². The Balaban J connectivity index is 2.59. The fourth-order valence-corrected chi connectivity index (χ4v) is 1.96. The number of nitrogen functional groups attached to an aromatic ring is 1. The molecule has 7 heteroatoms. The Hall–Kier alpha value is -0.950. The maximum absolute atomic E-state index is 13.2. The average Bonchev–Trinajstić information content (AvgIpc) is 2.62. The number of nitrogens with two attached hydrogens (primary N) is 1. The van der Waals surface area contributed by atoms with Gasteiger partial charge in [-0.05, 0) is 15.9 Å². The number of hydrogen-bond acceptors (Lipinski definition) is 4. The van der Waals surface area contributed by atoms with E-state index in [9.17, 15) is 4.39 Å². The highest BCUT2D eigenvalue weighted by Gasteiger charge is 2.16. The first-order chi connectivity index (χ1) is 6.20. The van der Waals surface area contributed by atoms with E-state index in [4.69, 9.17) is 5.73 Å². The van der Waals surface area contributed by atoms with Crippen molar-refractivity contribution in [1.82, 2.24) is 15.2 Å². The van der Waals surface area contributed by atoms with E-state index in [-0.39, 0.29) is 11.5 Å². The lowest BCUT2D eigenvalue weighted by molar-refractivity contribution is 0.636. The van der Waals surface area contributed by atoms with Crippen LogP contribution in [0.2, 0.25) is 0 Å². The normalized spacial score (nSPS) is 10.6. The topological polar surface area (TPSA) is 67.6 Å². The molecule has 0 bridgehead atoms.